The maximum absolute atomic E-state index is 2.72. The summed E-state index contributed by atoms with van der Waals surface area (Å²) < 4.78 is 0. The third-order valence-corrected chi connectivity index (χ3v) is 3.79. The van der Waals surface area contributed by atoms with Crippen molar-refractivity contribution >= 4 is 0 Å². The van der Waals surface area contributed by atoms with Crippen molar-refractivity contribution in [1.29, 1.82) is 0 Å². The van der Waals surface area contributed by atoms with Crippen LogP contribution in [-0.2, 0) is 0 Å². The molecule has 0 aromatic carbocycles. The topological polar surface area (TPSA) is 3.24 Å². The summed E-state index contributed by atoms with van der Waals surface area (Å²) in [7, 11) is 0. The van der Waals surface area contributed by atoms with Gasteiger partial charge >= 0.3 is 0 Å². The van der Waals surface area contributed by atoms with Crippen LogP contribution in [0.5, 0.6) is 0 Å². The Morgan fingerprint density at radius 2 is 2.00 bits per heavy atom. The maximum Gasteiger partial charge on any atom is 0.0130 e. The molecule has 3 atom stereocenters. The fourth-order valence-corrected chi connectivity index (χ4v) is 2.61. The van der Waals surface area contributed by atoms with Crippen molar-refractivity contribution < 1.29 is 0 Å². The number of hydrogen-bond acceptors (Lipinski definition) is 1. The quantitative estimate of drug-likeness (QED) is 0.624. The summed E-state index contributed by atoms with van der Waals surface area (Å²) in [5.74, 6) is 2.02. The van der Waals surface area contributed by atoms with Crippen LogP contribution in [0.25, 0.3) is 0 Å². The van der Waals surface area contributed by atoms with E-state index in [1.807, 2.05) is 0 Å². The lowest BCUT2D eigenvalue weighted by molar-refractivity contribution is 0.291. The van der Waals surface area contributed by atoms with Gasteiger partial charge in [-0.05, 0) is 44.2 Å². The van der Waals surface area contributed by atoms with Crippen molar-refractivity contribution in [1.82, 2.24) is 4.90 Å². The highest BCUT2D eigenvalue weighted by molar-refractivity contribution is 4.98. The van der Waals surface area contributed by atoms with E-state index in [9.17, 15) is 0 Å². The van der Waals surface area contributed by atoms with Crippen LogP contribution in [0.4, 0.5) is 0 Å². The van der Waals surface area contributed by atoms with E-state index in [2.05, 4.69) is 18.7 Å². The summed E-state index contributed by atoms with van der Waals surface area (Å²) in [4.78, 5) is 2.72. The number of likely N-dealkylation sites (tertiary alicyclic amines) is 1. The molecule has 12 heavy (non-hydrogen) atoms. The van der Waals surface area contributed by atoms with E-state index in [4.69, 9.17) is 0 Å². The predicted molar refractivity (Wildman–Crippen MR) is 52.2 cm³/mol. The molecule has 1 heteroatoms. The molecule has 2 aliphatic rings. The third kappa shape index (κ3) is 1.52. The van der Waals surface area contributed by atoms with Crippen LogP contribution in [0, 0.1) is 11.8 Å². The first kappa shape index (κ1) is 8.55. The highest BCUT2D eigenvalue weighted by atomic mass is 15.2. The molecule has 1 saturated carbocycles. The molecule has 1 heterocycles. The lowest BCUT2D eigenvalue weighted by atomic mass is 10.0. The molecule has 1 nitrogen and oxygen atoms in total. The van der Waals surface area contributed by atoms with Gasteiger partial charge < -0.3 is 4.90 Å². The zero-order valence-corrected chi connectivity index (χ0v) is 8.42. The van der Waals surface area contributed by atoms with E-state index in [0.29, 0.717) is 0 Å². The summed E-state index contributed by atoms with van der Waals surface area (Å²) in [6, 6.07) is 0.988. The van der Waals surface area contributed by atoms with Gasteiger partial charge in [-0.2, -0.15) is 0 Å². The van der Waals surface area contributed by atoms with Gasteiger partial charge in [0.05, 0.1) is 0 Å². The molecule has 0 bridgehead atoms. The first-order chi connectivity index (χ1) is 5.83. The molecule has 0 amide bonds. The van der Waals surface area contributed by atoms with Crippen LogP contribution in [0.3, 0.4) is 0 Å². The van der Waals surface area contributed by atoms with Crippen LogP contribution in [-0.4, -0.2) is 24.0 Å². The molecular formula is C11H21N. The maximum atomic E-state index is 2.72. The van der Waals surface area contributed by atoms with Crippen molar-refractivity contribution in [2.24, 2.45) is 11.8 Å². The van der Waals surface area contributed by atoms with E-state index >= 15 is 0 Å². The highest BCUT2D eigenvalue weighted by Gasteiger charge is 2.44. The molecule has 0 radical (unpaired) electrons. The highest BCUT2D eigenvalue weighted by Crippen LogP contribution is 2.43. The minimum absolute atomic E-state index is 0.968. The van der Waals surface area contributed by atoms with E-state index in [0.717, 1.165) is 17.9 Å². The van der Waals surface area contributed by atoms with Crippen LogP contribution in [0.1, 0.15) is 39.5 Å². The second-order valence-electron chi connectivity index (χ2n) is 4.60. The molecule has 0 N–H and O–H groups in total. The smallest absolute Gasteiger partial charge is 0.0130 e. The monoisotopic (exact) mass is 167 g/mol. The standard InChI is InChI=1S/C11H21N/c1-3-9(2)10-8-11(10)12-6-4-5-7-12/h9-11H,3-8H2,1-2H3. The van der Waals surface area contributed by atoms with Crippen LogP contribution >= 0.6 is 0 Å². The Balaban J connectivity index is 1.78. The largest absolute Gasteiger partial charge is 0.300 e. The van der Waals surface area contributed by atoms with Gasteiger partial charge in [0.2, 0.25) is 0 Å². The molecule has 3 unspecified atom stereocenters. The van der Waals surface area contributed by atoms with E-state index < -0.39 is 0 Å². The molecule has 2 rings (SSSR count). The first-order valence-corrected chi connectivity index (χ1v) is 5.57. The van der Waals surface area contributed by atoms with Crippen LogP contribution < -0.4 is 0 Å². The lowest BCUT2D eigenvalue weighted by Gasteiger charge is -2.16. The molecule has 1 saturated heterocycles. The first-order valence-electron chi connectivity index (χ1n) is 5.57. The zero-order valence-electron chi connectivity index (χ0n) is 8.42. The van der Waals surface area contributed by atoms with Gasteiger partial charge in [-0.25, -0.2) is 0 Å². The average molecular weight is 167 g/mol. The van der Waals surface area contributed by atoms with Crippen LogP contribution in [0.2, 0.25) is 0 Å². The summed E-state index contributed by atoms with van der Waals surface area (Å²) in [5, 5.41) is 0. The Labute approximate surface area is 76.1 Å². The van der Waals surface area contributed by atoms with Crippen molar-refractivity contribution in [3.63, 3.8) is 0 Å². The minimum Gasteiger partial charge on any atom is -0.300 e. The predicted octanol–water partition coefficient (Wildman–Crippen LogP) is 2.52. The van der Waals surface area contributed by atoms with Gasteiger partial charge in [-0.15, -0.1) is 0 Å². The zero-order chi connectivity index (χ0) is 8.55. The van der Waals surface area contributed by atoms with Crippen LogP contribution in [0.15, 0.2) is 0 Å². The minimum atomic E-state index is 0.968. The summed E-state index contributed by atoms with van der Waals surface area (Å²) in [6.45, 7) is 7.51. The van der Waals surface area contributed by atoms with Crippen molar-refractivity contribution in [2.45, 2.75) is 45.6 Å². The second-order valence-corrected chi connectivity index (χ2v) is 4.60. The lowest BCUT2D eigenvalue weighted by Crippen LogP contribution is -2.24. The Morgan fingerprint density at radius 3 is 2.58 bits per heavy atom. The summed E-state index contributed by atoms with van der Waals surface area (Å²) in [6.07, 6.45) is 5.76. The fourth-order valence-electron chi connectivity index (χ4n) is 2.61. The Morgan fingerprint density at radius 1 is 1.33 bits per heavy atom. The van der Waals surface area contributed by atoms with Gasteiger partial charge in [0, 0.05) is 6.04 Å². The van der Waals surface area contributed by atoms with Gasteiger partial charge in [0.15, 0.2) is 0 Å². The average Bonchev–Trinajstić information content (AvgIpc) is 2.71. The van der Waals surface area contributed by atoms with Gasteiger partial charge in [0.1, 0.15) is 0 Å². The Bertz CT molecular complexity index is 149. The summed E-state index contributed by atoms with van der Waals surface area (Å²) >= 11 is 0. The van der Waals surface area contributed by atoms with Gasteiger partial charge in [-0.1, -0.05) is 20.3 Å². The van der Waals surface area contributed by atoms with E-state index in [1.165, 1.54) is 38.8 Å². The Hall–Kier alpha value is -0.0400. The Kier molecular flexibility index (Phi) is 2.40. The molecular weight excluding hydrogens is 146 g/mol. The molecule has 1 aliphatic carbocycles. The number of rotatable bonds is 3. The molecule has 0 aromatic heterocycles. The summed E-state index contributed by atoms with van der Waals surface area (Å²) in [5.41, 5.74) is 0. The third-order valence-electron chi connectivity index (χ3n) is 3.79. The molecule has 70 valence electrons. The second kappa shape index (κ2) is 3.37. The van der Waals surface area contributed by atoms with E-state index in [-0.39, 0.29) is 0 Å². The number of hydrogen-bond donors (Lipinski definition) is 0. The normalized spacial score (nSPS) is 38.5. The molecule has 0 spiro atoms. The molecule has 2 fully saturated rings. The molecule has 1 aliphatic heterocycles. The van der Waals surface area contributed by atoms with Crippen molar-refractivity contribution in [3.05, 3.63) is 0 Å². The number of nitrogens with zero attached hydrogens (tertiary/aromatic N) is 1. The van der Waals surface area contributed by atoms with Gasteiger partial charge in [0.25, 0.3) is 0 Å². The van der Waals surface area contributed by atoms with Gasteiger partial charge in [-0.3, -0.25) is 0 Å². The van der Waals surface area contributed by atoms with Crippen molar-refractivity contribution in [2.75, 3.05) is 13.1 Å². The van der Waals surface area contributed by atoms with E-state index in [1.54, 1.807) is 0 Å². The van der Waals surface area contributed by atoms with Crippen molar-refractivity contribution in [3.8, 4) is 0 Å². The fraction of sp³-hybridized carbons (Fsp3) is 1.00. The SMILES string of the molecule is CCC(C)C1CC1N1CCCC1. The molecule has 0 aromatic rings.